The normalized spacial score (nSPS) is 10.8. The quantitative estimate of drug-likeness (QED) is 0.860. The van der Waals surface area contributed by atoms with Crippen molar-refractivity contribution in [2.24, 2.45) is 7.05 Å². The summed E-state index contributed by atoms with van der Waals surface area (Å²) in [7, 11) is 3.78. The molecular weight excluding hydrogens is 240 g/mol. The first-order valence-electron chi connectivity index (χ1n) is 6.36. The summed E-state index contributed by atoms with van der Waals surface area (Å²) in [4.78, 5) is 8.60. The fraction of sp³-hybridized carbons (Fsp3) is 0.462. The summed E-state index contributed by atoms with van der Waals surface area (Å²) in [6, 6.07) is 0. The lowest BCUT2D eigenvalue weighted by Crippen LogP contribution is -2.09. The number of hydrogen-bond acceptors (Lipinski definition) is 5. The van der Waals surface area contributed by atoms with Crippen LogP contribution in [-0.4, -0.2) is 26.8 Å². The molecule has 2 aromatic rings. The molecule has 0 fully saturated rings. The van der Waals surface area contributed by atoms with E-state index < -0.39 is 0 Å². The number of aromatic nitrogens is 4. The molecule has 2 rings (SSSR count). The second kappa shape index (κ2) is 5.69. The maximum absolute atomic E-state index is 4.34. The van der Waals surface area contributed by atoms with Crippen molar-refractivity contribution in [2.45, 2.75) is 26.3 Å². The van der Waals surface area contributed by atoms with Crippen LogP contribution in [0.3, 0.4) is 0 Å². The molecule has 0 spiro atoms. The van der Waals surface area contributed by atoms with Crippen LogP contribution in [0.5, 0.6) is 0 Å². The highest BCUT2D eigenvalue weighted by Gasteiger charge is 2.13. The Hall–Kier alpha value is -2.11. The molecule has 0 unspecified atom stereocenters. The summed E-state index contributed by atoms with van der Waals surface area (Å²) in [6.07, 6.45) is 5.41. The van der Waals surface area contributed by atoms with E-state index in [0.717, 1.165) is 22.8 Å². The zero-order valence-electron chi connectivity index (χ0n) is 11.8. The standard InChI is InChI=1S/C13H20N6/c1-9(2)11-12(14-3)16-8-17-13(11)15-5-10-6-18-19(4)7-10/h6-9H,5H2,1-4H3,(H2,14,15,16,17). The maximum Gasteiger partial charge on any atom is 0.135 e. The molecule has 0 saturated carbocycles. The maximum atomic E-state index is 4.34. The Morgan fingerprint density at radius 1 is 1.26 bits per heavy atom. The number of anilines is 2. The molecule has 2 aromatic heterocycles. The molecule has 6 heteroatoms. The molecule has 2 heterocycles. The van der Waals surface area contributed by atoms with Gasteiger partial charge in [-0.1, -0.05) is 13.8 Å². The van der Waals surface area contributed by atoms with Crippen molar-refractivity contribution in [1.29, 1.82) is 0 Å². The van der Waals surface area contributed by atoms with Gasteiger partial charge in [0.05, 0.1) is 6.20 Å². The molecule has 0 aliphatic heterocycles. The largest absolute Gasteiger partial charge is 0.373 e. The summed E-state index contributed by atoms with van der Waals surface area (Å²) < 4.78 is 1.79. The van der Waals surface area contributed by atoms with Crippen LogP contribution >= 0.6 is 0 Å². The van der Waals surface area contributed by atoms with Crippen molar-refractivity contribution in [3.8, 4) is 0 Å². The van der Waals surface area contributed by atoms with Gasteiger partial charge in [-0.25, -0.2) is 9.97 Å². The lowest BCUT2D eigenvalue weighted by Gasteiger charge is -2.16. The first kappa shape index (κ1) is 13.3. The minimum absolute atomic E-state index is 0.347. The number of nitrogens with one attached hydrogen (secondary N) is 2. The molecule has 0 aliphatic rings. The van der Waals surface area contributed by atoms with Crippen molar-refractivity contribution in [2.75, 3.05) is 17.7 Å². The Labute approximate surface area is 113 Å². The van der Waals surface area contributed by atoms with E-state index in [0.29, 0.717) is 12.5 Å². The third-order valence-corrected chi connectivity index (χ3v) is 2.92. The van der Waals surface area contributed by atoms with E-state index in [4.69, 9.17) is 0 Å². The minimum Gasteiger partial charge on any atom is -0.373 e. The van der Waals surface area contributed by atoms with Crippen LogP contribution in [0, 0.1) is 0 Å². The zero-order chi connectivity index (χ0) is 13.8. The van der Waals surface area contributed by atoms with Gasteiger partial charge in [0.15, 0.2) is 0 Å². The molecule has 0 atom stereocenters. The smallest absolute Gasteiger partial charge is 0.135 e. The SMILES string of the molecule is CNc1ncnc(NCc2cnn(C)c2)c1C(C)C. The van der Waals surface area contributed by atoms with E-state index in [2.05, 4.69) is 39.5 Å². The summed E-state index contributed by atoms with van der Waals surface area (Å²) >= 11 is 0. The predicted molar refractivity (Wildman–Crippen MR) is 76.2 cm³/mol. The third kappa shape index (κ3) is 3.01. The van der Waals surface area contributed by atoms with E-state index in [1.807, 2.05) is 26.5 Å². The topological polar surface area (TPSA) is 67.7 Å². The highest BCUT2D eigenvalue weighted by atomic mass is 15.2. The average molecular weight is 260 g/mol. The Morgan fingerprint density at radius 3 is 2.58 bits per heavy atom. The van der Waals surface area contributed by atoms with E-state index in [1.54, 1.807) is 11.0 Å². The van der Waals surface area contributed by atoms with Crippen molar-refractivity contribution < 1.29 is 0 Å². The Morgan fingerprint density at radius 2 is 2.00 bits per heavy atom. The monoisotopic (exact) mass is 260 g/mol. The van der Waals surface area contributed by atoms with Gasteiger partial charge in [0.2, 0.25) is 0 Å². The second-order valence-corrected chi connectivity index (χ2v) is 4.77. The highest BCUT2D eigenvalue weighted by Crippen LogP contribution is 2.28. The van der Waals surface area contributed by atoms with Gasteiger partial charge in [-0.2, -0.15) is 5.10 Å². The summed E-state index contributed by atoms with van der Waals surface area (Å²) in [5.41, 5.74) is 2.23. The molecule has 0 radical (unpaired) electrons. The number of hydrogen-bond donors (Lipinski definition) is 2. The molecule has 19 heavy (non-hydrogen) atoms. The van der Waals surface area contributed by atoms with Crippen LogP contribution in [0.1, 0.15) is 30.9 Å². The van der Waals surface area contributed by atoms with Crippen molar-refractivity contribution in [3.05, 3.63) is 29.8 Å². The molecular formula is C13H20N6. The van der Waals surface area contributed by atoms with Gasteiger partial charge in [0, 0.05) is 38.0 Å². The molecule has 0 saturated heterocycles. The summed E-state index contributed by atoms with van der Waals surface area (Å²) in [5.74, 6) is 2.09. The van der Waals surface area contributed by atoms with Crippen LogP contribution in [0.15, 0.2) is 18.7 Å². The molecule has 0 aromatic carbocycles. The van der Waals surface area contributed by atoms with Crippen molar-refractivity contribution in [3.63, 3.8) is 0 Å². The minimum atomic E-state index is 0.347. The number of nitrogens with zero attached hydrogens (tertiary/aromatic N) is 4. The molecule has 0 bridgehead atoms. The van der Waals surface area contributed by atoms with Gasteiger partial charge in [-0.15, -0.1) is 0 Å². The van der Waals surface area contributed by atoms with Crippen LogP contribution in [-0.2, 0) is 13.6 Å². The lowest BCUT2D eigenvalue weighted by molar-refractivity contribution is 0.767. The van der Waals surface area contributed by atoms with Crippen molar-refractivity contribution in [1.82, 2.24) is 19.7 Å². The van der Waals surface area contributed by atoms with Gasteiger partial charge >= 0.3 is 0 Å². The first-order valence-corrected chi connectivity index (χ1v) is 6.36. The Kier molecular flexibility index (Phi) is 3.99. The Balaban J connectivity index is 2.19. The highest BCUT2D eigenvalue weighted by molar-refractivity contribution is 5.58. The van der Waals surface area contributed by atoms with Crippen molar-refractivity contribution >= 4 is 11.6 Å². The van der Waals surface area contributed by atoms with Crippen LogP contribution < -0.4 is 10.6 Å². The van der Waals surface area contributed by atoms with Gasteiger partial charge in [0.1, 0.15) is 18.0 Å². The lowest BCUT2D eigenvalue weighted by atomic mass is 10.0. The third-order valence-electron chi connectivity index (χ3n) is 2.92. The fourth-order valence-electron chi connectivity index (χ4n) is 2.03. The molecule has 102 valence electrons. The summed E-state index contributed by atoms with van der Waals surface area (Å²) in [6.45, 7) is 4.97. The number of rotatable bonds is 5. The van der Waals surface area contributed by atoms with E-state index in [1.165, 1.54) is 0 Å². The van der Waals surface area contributed by atoms with Crippen LogP contribution in [0.2, 0.25) is 0 Å². The molecule has 0 amide bonds. The summed E-state index contributed by atoms with van der Waals surface area (Å²) in [5, 5.41) is 10.6. The second-order valence-electron chi connectivity index (χ2n) is 4.77. The molecule has 0 aliphatic carbocycles. The number of aryl methyl sites for hydroxylation is 1. The van der Waals surface area contributed by atoms with Gasteiger partial charge in [-0.05, 0) is 5.92 Å². The van der Waals surface area contributed by atoms with E-state index in [-0.39, 0.29) is 0 Å². The zero-order valence-corrected chi connectivity index (χ0v) is 11.8. The average Bonchev–Trinajstić information content (AvgIpc) is 2.81. The van der Waals surface area contributed by atoms with Gasteiger partial charge in [-0.3, -0.25) is 4.68 Å². The Bertz CT molecular complexity index is 546. The first-order chi connectivity index (χ1) is 9.11. The van der Waals surface area contributed by atoms with E-state index >= 15 is 0 Å². The molecule has 2 N–H and O–H groups in total. The van der Waals surface area contributed by atoms with Gasteiger partial charge in [0.25, 0.3) is 0 Å². The molecule has 6 nitrogen and oxygen atoms in total. The predicted octanol–water partition coefficient (Wildman–Crippen LogP) is 1.99. The van der Waals surface area contributed by atoms with E-state index in [9.17, 15) is 0 Å². The van der Waals surface area contributed by atoms with Gasteiger partial charge < -0.3 is 10.6 Å². The van der Waals surface area contributed by atoms with Crippen LogP contribution in [0.4, 0.5) is 11.6 Å². The fourth-order valence-corrected chi connectivity index (χ4v) is 2.03. The van der Waals surface area contributed by atoms with Crippen LogP contribution in [0.25, 0.3) is 0 Å².